The Bertz CT molecular complexity index is 413. The van der Waals surface area contributed by atoms with Crippen LogP contribution in [0, 0.1) is 12.8 Å². The van der Waals surface area contributed by atoms with Gasteiger partial charge < -0.3 is 0 Å². The molecule has 2 heterocycles. The highest BCUT2D eigenvalue weighted by molar-refractivity contribution is 9.10. The summed E-state index contributed by atoms with van der Waals surface area (Å²) < 4.78 is 3.32. The van der Waals surface area contributed by atoms with Crippen LogP contribution in [0.3, 0.4) is 0 Å². The van der Waals surface area contributed by atoms with Crippen molar-refractivity contribution in [3.8, 4) is 0 Å². The lowest BCUT2D eigenvalue weighted by atomic mass is 9.93. The topological polar surface area (TPSA) is 21.1 Å². The second kappa shape index (κ2) is 5.74. The van der Waals surface area contributed by atoms with Gasteiger partial charge in [0, 0.05) is 19.1 Å². The molecule has 0 bridgehead atoms. The molecule has 0 aromatic carbocycles. The largest absolute Gasteiger partial charge is 0.295 e. The summed E-state index contributed by atoms with van der Waals surface area (Å²) in [7, 11) is 0. The van der Waals surface area contributed by atoms with Gasteiger partial charge in [-0.1, -0.05) is 6.92 Å². The second-order valence-corrected chi connectivity index (χ2v) is 6.40. The molecule has 2 atom stereocenters. The average molecular weight is 314 g/mol. The molecule has 1 aromatic rings. The van der Waals surface area contributed by atoms with E-state index in [0.29, 0.717) is 6.04 Å². The Morgan fingerprint density at radius 1 is 1.39 bits per heavy atom. The van der Waals surface area contributed by atoms with Crippen LogP contribution in [-0.2, 0) is 13.1 Å². The van der Waals surface area contributed by atoms with Crippen molar-refractivity contribution in [2.75, 3.05) is 6.54 Å². The van der Waals surface area contributed by atoms with Crippen LogP contribution in [-0.4, -0.2) is 27.3 Å². The molecular formula is C14H24BrN3. The molecule has 102 valence electrons. The third-order valence-electron chi connectivity index (χ3n) is 4.08. The molecule has 2 unspecified atom stereocenters. The van der Waals surface area contributed by atoms with Crippen molar-refractivity contribution >= 4 is 15.9 Å². The number of hydrogen-bond donors (Lipinski definition) is 0. The molecule has 0 spiro atoms. The normalized spacial score (nSPS) is 25.6. The predicted molar refractivity (Wildman–Crippen MR) is 78.6 cm³/mol. The van der Waals surface area contributed by atoms with E-state index < -0.39 is 0 Å². The minimum Gasteiger partial charge on any atom is -0.295 e. The van der Waals surface area contributed by atoms with Gasteiger partial charge in [-0.2, -0.15) is 5.10 Å². The summed E-state index contributed by atoms with van der Waals surface area (Å²) >= 11 is 3.69. The van der Waals surface area contributed by atoms with E-state index in [1.54, 1.807) is 0 Å². The van der Waals surface area contributed by atoms with Gasteiger partial charge in [0.1, 0.15) is 0 Å². The number of piperidine rings is 1. The molecule has 2 rings (SSSR count). The van der Waals surface area contributed by atoms with Gasteiger partial charge >= 0.3 is 0 Å². The molecule has 4 heteroatoms. The van der Waals surface area contributed by atoms with E-state index in [-0.39, 0.29) is 0 Å². The number of aromatic nitrogens is 2. The number of hydrogen-bond acceptors (Lipinski definition) is 2. The average Bonchev–Trinajstić information content (AvgIpc) is 2.60. The van der Waals surface area contributed by atoms with Gasteiger partial charge in [0.05, 0.1) is 15.9 Å². The van der Waals surface area contributed by atoms with Crippen LogP contribution in [0.2, 0.25) is 0 Å². The molecule has 1 fully saturated rings. The first kappa shape index (κ1) is 14.1. The highest BCUT2D eigenvalue weighted by atomic mass is 79.9. The first-order valence-electron chi connectivity index (χ1n) is 6.98. The van der Waals surface area contributed by atoms with Crippen molar-refractivity contribution in [1.82, 2.24) is 14.7 Å². The molecule has 1 saturated heterocycles. The molecule has 1 aliphatic heterocycles. The molecule has 3 nitrogen and oxygen atoms in total. The second-order valence-electron chi connectivity index (χ2n) is 5.61. The third kappa shape index (κ3) is 2.80. The molecule has 0 radical (unpaired) electrons. The van der Waals surface area contributed by atoms with Crippen molar-refractivity contribution in [2.24, 2.45) is 5.92 Å². The van der Waals surface area contributed by atoms with Crippen LogP contribution in [0.4, 0.5) is 0 Å². The van der Waals surface area contributed by atoms with Gasteiger partial charge in [-0.05, 0) is 62.0 Å². The summed E-state index contributed by atoms with van der Waals surface area (Å²) in [5.41, 5.74) is 2.43. The van der Waals surface area contributed by atoms with Crippen LogP contribution >= 0.6 is 15.9 Å². The molecule has 1 aliphatic rings. The monoisotopic (exact) mass is 313 g/mol. The molecular weight excluding hydrogens is 290 g/mol. The van der Waals surface area contributed by atoms with Gasteiger partial charge in [-0.25, -0.2) is 0 Å². The fourth-order valence-electron chi connectivity index (χ4n) is 2.90. The number of likely N-dealkylation sites (tertiary alicyclic amines) is 1. The summed E-state index contributed by atoms with van der Waals surface area (Å²) in [6.07, 6.45) is 2.64. The maximum Gasteiger partial charge on any atom is 0.0739 e. The zero-order chi connectivity index (χ0) is 13.3. The lowest BCUT2D eigenvalue weighted by Crippen LogP contribution is -2.40. The van der Waals surface area contributed by atoms with E-state index in [1.807, 2.05) is 0 Å². The highest BCUT2D eigenvalue weighted by Gasteiger charge is 2.25. The van der Waals surface area contributed by atoms with Crippen LogP contribution in [0.1, 0.15) is 45.0 Å². The quantitative estimate of drug-likeness (QED) is 0.850. The van der Waals surface area contributed by atoms with Gasteiger partial charge in [-0.3, -0.25) is 9.58 Å². The van der Waals surface area contributed by atoms with Gasteiger partial charge in [-0.15, -0.1) is 0 Å². The van der Waals surface area contributed by atoms with Crippen LogP contribution in [0.25, 0.3) is 0 Å². The Hall–Kier alpha value is -0.350. The van der Waals surface area contributed by atoms with Crippen molar-refractivity contribution in [1.29, 1.82) is 0 Å². The molecule has 18 heavy (non-hydrogen) atoms. The lowest BCUT2D eigenvalue weighted by molar-refractivity contribution is 0.118. The fraction of sp³-hybridized carbons (Fsp3) is 0.786. The summed E-state index contributed by atoms with van der Waals surface area (Å²) in [5.74, 6) is 0.873. The van der Waals surface area contributed by atoms with E-state index in [1.165, 1.54) is 29.6 Å². The zero-order valence-corrected chi connectivity index (χ0v) is 13.5. The van der Waals surface area contributed by atoms with Crippen LogP contribution in [0.5, 0.6) is 0 Å². The minimum atomic E-state index is 0.682. The van der Waals surface area contributed by atoms with E-state index in [0.717, 1.165) is 24.7 Å². The van der Waals surface area contributed by atoms with E-state index in [4.69, 9.17) is 0 Å². The number of rotatable bonds is 3. The number of aryl methyl sites for hydroxylation is 2. The van der Waals surface area contributed by atoms with Gasteiger partial charge in [0.25, 0.3) is 0 Å². The zero-order valence-electron chi connectivity index (χ0n) is 11.9. The molecule has 0 amide bonds. The van der Waals surface area contributed by atoms with E-state index >= 15 is 0 Å². The highest BCUT2D eigenvalue weighted by Crippen LogP contribution is 2.27. The van der Waals surface area contributed by atoms with Crippen molar-refractivity contribution < 1.29 is 0 Å². The van der Waals surface area contributed by atoms with Gasteiger partial charge in [0.15, 0.2) is 0 Å². The van der Waals surface area contributed by atoms with Gasteiger partial charge in [0.2, 0.25) is 0 Å². The first-order chi connectivity index (χ1) is 8.52. The summed E-state index contributed by atoms with van der Waals surface area (Å²) in [5, 5.41) is 4.58. The Balaban J connectivity index is 2.14. The summed E-state index contributed by atoms with van der Waals surface area (Å²) in [6.45, 7) is 12.1. The van der Waals surface area contributed by atoms with Crippen molar-refractivity contribution in [2.45, 2.75) is 59.7 Å². The van der Waals surface area contributed by atoms with Crippen LogP contribution in [0.15, 0.2) is 4.47 Å². The van der Waals surface area contributed by atoms with Crippen molar-refractivity contribution in [3.05, 3.63) is 15.9 Å². The third-order valence-corrected chi connectivity index (χ3v) is 5.11. The summed E-state index contributed by atoms with van der Waals surface area (Å²) in [6, 6.07) is 0.682. The molecule has 0 N–H and O–H groups in total. The Morgan fingerprint density at radius 2 is 2.11 bits per heavy atom. The molecule has 0 aliphatic carbocycles. The first-order valence-corrected chi connectivity index (χ1v) is 7.78. The smallest absolute Gasteiger partial charge is 0.0739 e. The Morgan fingerprint density at radius 3 is 2.72 bits per heavy atom. The SMILES string of the molecule is CCn1nc(C)c(Br)c1CN1CCC(C)CC1C. The predicted octanol–water partition coefficient (Wildman–Crippen LogP) is 3.59. The standard InChI is InChI=1S/C14H24BrN3/c1-5-18-13(14(15)12(4)16-18)9-17-7-6-10(2)8-11(17)3/h10-11H,5-9H2,1-4H3. The number of halogens is 1. The minimum absolute atomic E-state index is 0.682. The lowest BCUT2D eigenvalue weighted by Gasteiger charge is -2.36. The maximum atomic E-state index is 4.58. The fourth-order valence-corrected chi connectivity index (χ4v) is 3.31. The summed E-state index contributed by atoms with van der Waals surface area (Å²) in [4.78, 5) is 2.59. The van der Waals surface area contributed by atoms with E-state index in [2.05, 4.69) is 58.3 Å². The van der Waals surface area contributed by atoms with E-state index in [9.17, 15) is 0 Å². The maximum absolute atomic E-state index is 4.58. The van der Waals surface area contributed by atoms with Crippen LogP contribution < -0.4 is 0 Å². The van der Waals surface area contributed by atoms with Crippen molar-refractivity contribution in [3.63, 3.8) is 0 Å². The number of nitrogens with zero attached hydrogens (tertiary/aromatic N) is 3. The molecule has 0 saturated carbocycles. The Kier molecular flexibility index (Phi) is 4.49. The Labute approximate surface area is 119 Å². The molecule has 1 aromatic heterocycles.